The van der Waals surface area contributed by atoms with Crippen LogP contribution in [-0.2, 0) is 12.7 Å². The lowest BCUT2D eigenvalue weighted by Gasteiger charge is -2.29. The average Bonchev–Trinajstić information content (AvgIpc) is 3.22. The Morgan fingerprint density at radius 2 is 1.70 bits per heavy atom. The molecule has 1 aromatic heterocycles. The quantitative estimate of drug-likeness (QED) is 0.285. The van der Waals surface area contributed by atoms with Crippen molar-refractivity contribution >= 4 is 11.0 Å². The molecule has 1 heterocycles. The largest absolute Gasteiger partial charge is 0.493 e. The zero-order valence-electron chi connectivity index (χ0n) is 21.0. The summed E-state index contributed by atoms with van der Waals surface area (Å²) in [4.78, 5) is 4.72. The van der Waals surface area contributed by atoms with Crippen LogP contribution in [0.4, 0.5) is 13.2 Å². The summed E-state index contributed by atoms with van der Waals surface area (Å²) in [5.41, 5.74) is 10.8. The Hall–Kier alpha value is -3.32. The molecule has 1 aliphatic rings. The number of rotatable bonds is 7. The molecule has 4 nitrogen and oxygen atoms in total. The van der Waals surface area contributed by atoms with Crippen molar-refractivity contribution in [1.29, 1.82) is 0 Å². The smallest absolute Gasteiger partial charge is 0.416 e. The van der Waals surface area contributed by atoms with E-state index in [1.165, 1.54) is 17.7 Å². The second-order valence-electron chi connectivity index (χ2n) is 9.99. The summed E-state index contributed by atoms with van der Waals surface area (Å²) >= 11 is 0. The molecule has 37 heavy (non-hydrogen) atoms. The molecule has 0 radical (unpaired) electrons. The van der Waals surface area contributed by atoms with Gasteiger partial charge in [0.2, 0.25) is 0 Å². The van der Waals surface area contributed by atoms with E-state index < -0.39 is 11.7 Å². The average molecular weight is 508 g/mol. The molecule has 1 saturated carbocycles. The van der Waals surface area contributed by atoms with E-state index in [9.17, 15) is 13.2 Å². The third-order valence-electron chi connectivity index (χ3n) is 7.46. The summed E-state index contributed by atoms with van der Waals surface area (Å²) in [6, 6.07) is 20.2. The van der Waals surface area contributed by atoms with Crippen molar-refractivity contribution < 1.29 is 17.9 Å². The number of benzene rings is 3. The Bertz CT molecular complexity index is 1340. The highest BCUT2D eigenvalue weighted by Crippen LogP contribution is 2.38. The molecule has 3 aromatic carbocycles. The van der Waals surface area contributed by atoms with Gasteiger partial charge in [-0.15, -0.1) is 0 Å². The number of alkyl halides is 3. The molecule has 0 spiro atoms. The van der Waals surface area contributed by atoms with Gasteiger partial charge in [-0.1, -0.05) is 36.8 Å². The molecular weight excluding hydrogens is 475 g/mol. The minimum atomic E-state index is -4.33. The molecule has 4 aromatic rings. The van der Waals surface area contributed by atoms with Gasteiger partial charge in [-0.3, -0.25) is 0 Å². The number of nitrogens with zero attached hydrogens (tertiary/aromatic N) is 2. The first-order valence-electron chi connectivity index (χ1n) is 12.9. The number of imidazole rings is 1. The van der Waals surface area contributed by atoms with Crippen LogP contribution in [0, 0.1) is 12.8 Å². The van der Waals surface area contributed by atoms with Gasteiger partial charge in [-0.2, -0.15) is 13.2 Å². The van der Waals surface area contributed by atoms with E-state index >= 15 is 0 Å². The van der Waals surface area contributed by atoms with Crippen molar-refractivity contribution in [2.24, 2.45) is 11.7 Å². The van der Waals surface area contributed by atoms with Crippen LogP contribution in [-0.4, -0.2) is 22.7 Å². The van der Waals surface area contributed by atoms with Gasteiger partial charge in [0.15, 0.2) is 0 Å². The first-order chi connectivity index (χ1) is 17.8. The molecule has 5 rings (SSSR count). The zero-order chi connectivity index (χ0) is 26.0. The Morgan fingerprint density at radius 3 is 2.41 bits per heavy atom. The number of aryl methyl sites for hydroxylation is 1. The molecular formula is C30H32F3N3O. The fraction of sp³-hybridized carbons (Fsp3) is 0.367. The van der Waals surface area contributed by atoms with E-state index in [-0.39, 0.29) is 0 Å². The SMILES string of the molecule is Cc1nc2cc(-c3ccc(C4CCCC(COc5ccc(C(F)(F)F)cc5)C4)cc3)ccc2n1CCN. The van der Waals surface area contributed by atoms with Gasteiger partial charge in [-0.25, -0.2) is 4.98 Å². The number of aromatic nitrogens is 2. The van der Waals surface area contributed by atoms with Gasteiger partial charge >= 0.3 is 6.18 Å². The highest BCUT2D eigenvalue weighted by Gasteiger charge is 2.30. The molecule has 194 valence electrons. The maximum Gasteiger partial charge on any atom is 0.416 e. The first kappa shape index (κ1) is 25.3. The van der Waals surface area contributed by atoms with Crippen molar-refractivity contribution in [2.75, 3.05) is 13.2 Å². The Labute approximate surface area is 215 Å². The molecule has 2 atom stereocenters. The summed E-state index contributed by atoms with van der Waals surface area (Å²) in [7, 11) is 0. The minimum absolute atomic E-state index is 0.384. The summed E-state index contributed by atoms with van der Waals surface area (Å²) in [6.07, 6.45) is 0.0218. The second kappa shape index (κ2) is 10.6. The van der Waals surface area contributed by atoms with Crippen molar-refractivity contribution in [2.45, 2.75) is 51.2 Å². The van der Waals surface area contributed by atoms with E-state index in [0.717, 1.165) is 72.3 Å². The normalized spacial score (nSPS) is 18.3. The molecule has 2 N–H and O–H groups in total. The number of hydrogen-bond donors (Lipinski definition) is 1. The lowest BCUT2D eigenvalue weighted by molar-refractivity contribution is -0.137. The van der Waals surface area contributed by atoms with E-state index in [4.69, 9.17) is 15.5 Å². The summed E-state index contributed by atoms with van der Waals surface area (Å²) < 4.78 is 46.3. The fourth-order valence-electron chi connectivity index (χ4n) is 5.49. The highest BCUT2D eigenvalue weighted by molar-refractivity contribution is 5.82. The standard InChI is InChI=1S/C30H32F3N3O/c1-20-35-28-18-25(9-14-29(28)36(20)16-15-34)23-7-5-22(6-8-23)24-4-2-3-21(17-24)19-37-27-12-10-26(11-13-27)30(31,32)33/h5-14,18,21,24H,2-4,15-17,19,34H2,1H3. The third-order valence-corrected chi connectivity index (χ3v) is 7.46. The maximum atomic E-state index is 12.8. The molecule has 7 heteroatoms. The van der Waals surface area contributed by atoms with Crippen LogP contribution in [0.2, 0.25) is 0 Å². The minimum Gasteiger partial charge on any atom is -0.493 e. The molecule has 1 fully saturated rings. The number of nitrogens with two attached hydrogens (primary N) is 1. The predicted octanol–water partition coefficient (Wildman–Crippen LogP) is 7.34. The molecule has 0 amide bonds. The second-order valence-corrected chi connectivity index (χ2v) is 9.99. The van der Waals surface area contributed by atoms with Gasteiger partial charge < -0.3 is 15.0 Å². The topological polar surface area (TPSA) is 53.1 Å². The molecule has 0 saturated heterocycles. The predicted molar refractivity (Wildman–Crippen MR) is 141 cm³/mol. The molecule has 0 aliphatic heterocycles. The number of halogens is 3. The zero-order valence-corrected chi connectivity index (χ0v) is 21.0. The van der Waals surface area contributed by atoms with E-state index in [1.54, 1.807) is 0 Å². The molecule has 1 aliphatic carbocycles. The van der Waals surface area contributed by atoms with E-state index in [1.807, 2.05) is 6.92 Å². The lowest BCUT2D eigenvalue weighted by Crippen LogP contribution is -2.20. The van der Waals surface area contributed by atoms with Crippen molar-refractivity contribution in [3.8, 4) is 16.9 Å². The number of hydrogen-bond acceptors (Lipinski definition) is 3. The Kier molecular flexibility index (Phi) is 7.24. The monoisotopic (exact) mass is 507 g/mol. The summed E-state index contributed by atoms with van der Waals surface area (Å²) in [5.74, 6) is 2.30. The molecule has 2 unspecified atom stereocenters. The van der Waals surface area contributed by atoms with Gasteiger partial charge in [0.1, 0.15) is 11.6 Å². The Morgan fingerprint density at radius 1 is 0.973 bits per heavy atom. The van der Waals surface area contributed by atoms with Gasteiger partial charge in [0.05, 0.1) is 23.2 Å². The van der Waals surface area contributed by atoms with Crippen molar-refractivity contribution in [3.63, 3.8) is 0 Å². The van der Waals surface area contributed by atoms with Crippen LogP contribution in [0.25, 0.3) is 22.2 Å². The summed E-state index contributed by atoms with van der Waals surface area (Å²) in [6.45, 7) is 3.87. The number of fused-ring (bicyclic) bond motifs is 1. The van der Waals surface area contributed by atoms with Crippen LogP contribution in [0.5, 0.6) is 5.75 Å². The maximum absolute atomic E-state index is 12.8. The van der Waals surface area contributed by atoms with Crippen LogP contribution in [0.1, 0.15) is 48.6 Å². The Balaban J connectivity index is 1.22. The molecule has 0 bridgehead atoms. The van der Waals surface area contributed by atoms with Gasteiger partial charge in [0.25, 0.3) is 0 Å². The third kappa shape index (κ3) is 5.67. The number of ether oxygens (including phenoxy) is 1. The highest BCUT2D eigenvalue weighted by atomic mass is 19.4. The van der Waals surface area contributed by atoms with Crippen molar-refractivity contribution in [3.05, 3.63) is 83.7 Å². The van der Waals surface area contributed by atoms with Crippen molar-refractivity contribution in [1.82, 2.24) is 9.55 Å². The fourth-order valence-corrected chi connectivity index (χ4v) is 5.49. The first-order valence-corrected chi connectivity index (χ1v) is 12.9. The lowest BCUT2D eigenvalue weighted by atomic mass is 9.78. The van der Waals surface area contributed by atoms with Gasteiger partial charge in [-0.05, 0) is 91.1 Å². The van der Waals surface area contributed by atoms with E-state index in [0.29, 0.717) is 30.7 Å². The van der Waals surface area contributed by atoms with Crippen LogP contribution < -0.4 is 10.5 Å². The van der Waals surface area contributed by atoms with Gasteiger partial charge in [0, 0.05) is 13.1 Å². The van der Waals surface area contributed by atoms with Crippen LogP contribution >= 0.6 is 0 Å². The van der Waals surface area contributed by atoms with Crippen LogP contribution in [0.3, 0.4) is 0 Å². The van der Waals surface area contributed by atoms with E-state index in [2.05, 4.69) is 47.0 Å². The van der Waals surface area contributed by atoms with Crippen LogP contribution in [0.15, 0.2) is 66.7 Å². The summed E-state index contributed by atoms with van der Waals surface area (Å²) in [5, 5.41) is 0.